The van der Waals surface area contributed by atoms with Crippen molar-refractivity contribution in [2.24, 2.45) is 0 Å². The molecule has 2 aromatic rings. The molecule has 124 valence electrons. The maximum atomic E-state index is 13.2. The smallest absolute Gasteiger partial charge is 0.260 e. The highest BCUT2D eigenvalue weighted by Gasteiger charge is 2.32. The van der Waals surface area contributed by atoms with Crippen LogP contribution in [0.3, 0.4) is 0 Å². The van der Waals surface area contributed by atoms with E-state index in [0.717, 1.165) is 5.41 Å². The van der Waals surface area contributed by atoms with Crippen molar-refractivity contribution in [2.45, 2.75) is 6.04 Å². The van der Waals surface area contributed by atoms with Gasteiger partial charge in [-0.15, -0.1) is 0 Å². The van der Waals surface area contributed by atoms with E-state index in [1.165, 1.54) is 35.2 Å². The molecule has 4 nitrogen and oxygen atoms in total. The molecule has 1 aliphatic rings. The van der Waals surface area contributed by atoms with E-state index >= 15 is 0 Å². The van der Waals surface area contributed by atoms with Crippen LogP contribution in [0.15, 0.2) is 60.0 Å². The number of anilines is 1. The standard InChI is InChI=1S/C17H13ClFNO3S/c18-16-4-2-1-3-15(16)17(21)20(13-7-5-12(19)6-8-13)14-9-10-24(22,23)11-14/h1-10,14H,11H2/t14-/m1/s1. The number of hydrogen-bond donors (Lipinski definition) is 0. The summed E-state index contributed by atoms with van der Waals surface area (Å²) in [5, 5.41) is 1.35. The fourth-order valence-electron chi connectivity index (χ4n) is 2.55. The van der Waals surface area contributed by atoms with Gasteiger partial charge in [-0.05, 0) is 42.5 Å². The molecule has 3 rings (SSSR count). The Labute approximate surface area is 144 Å². The quantitative estimate of drug-likeness (QED) is 0.837. The Kier molecular flexibility index (Phi) is 4.43. The van der Waals surface area contributed by atoms with Crippen molar-refractivity contribution in [3.05, 3.63) is 76.4 Å². The van der Waals surface area contributed by atoms with Gasteiger partial charge in [-0.2, -0.15) is 0 Å². The second kappa shape index (κ2) is 6.37. The van der Waals surface area contributed by atoms with Crippen molar-refractivity contribution < 1.29 is 17.6 Å². The van der Waals surface area contributed by atoms with E-state index in [1.807, 2.05) is 0 Å². The van der Waals surface area contributed by atoms with Gasteiger partial charge in [0.2, 0.25) is 0 Å². The lowest BCUT2D eigenvalue weighted by Gasteiger charge is -2.28. The van der Waals surface area contributed by atoms with E-state index in [-0.39, 0.29) is 16.3 Å². The predicted octanol–water partition coefficient (Wildman–Crippen LogP) is 3.44. The zero-order valence-corrected chi connectivity index (χ0v) is 14.0. The van der Waals surface area contributed by atoms with Crippen LogP contribution in [0.25, 0.3) is 0 Å². The van der Waals surface area contributed by atoms with Crippen LogP contribution in [0.5, 0.6) is 0 Å². The minimum absolute atomic E-state index is 0.222. The Bertz CT molecular complexity index is 910. The molecule has 0 bridgehead atoms. The highest BCUT2D eigenvalue weighted by Crippen LogP contribution is 2.27. The minimum atomic E-state index is -3.36. The van der Waals surface area contributed by atoms with Crippen molar-refractivity contribution in [3.8, 4) is 0 Å². The van der Waals surface area contributed by atoms with Gasteiger partial charge >= 0.3 is 0 Å². The molecular weight excluding hydrogens is 353 g/mol. The second-order valence-electron chi connectivity index (χ2n) is 5.36. The van der Waals surface area contributed by atoms with Crippen molar-refractivity contribution in [3.63, 3.8) is 0 Å². The molecule has 1 amide bonds. The van der Waals surface area contributed by atoms with Crippen LogP contribution in [0.4, 0.5) is 10.1 Å². The molecule has 1 heterocycles. The van der Waals surface area contributed by atoms with Gasteiger partial charge in [-0.1, -0.05) is 23.7 Å². The van der Waals surface area contributed by atoms with Gasteiger partial charge in [-0.3, -0.25) is 4.79 Å². The van der Waals surface area contributed by atoms with Crippen LogP contribution in [-0.2, 0) is 9.84 Å². The number of carbonyl (C=O) groups excluding carboxylic acids is 1. The Morgan fingerprint density at radius 2 is 1.79 bits per heavy atom. The Morgan fingerprint density at radius 3 is 2.38 bits per heavy atom. The lowest BCUT2D eigenvalue weighted by molar-refractivity contribution is 0.0983. The zero-order chi connectivity index (χ0) is 17.3. The number of sulfone groups is 1. The molecule has 1 aliphatic heterocycles. The number of amides is 1. The number of hydrogen-bond acceptors (Lipinski definition) is 3. The van der Waals surface area contributed by atoms with Crippen LogP contribution < -0.4 is 4.90 Å². The monoisotopic (exact) mass is 365 g/mol. The van der Waals surface area contributed by atoms with E-state index in [0.29, 0.717) is 5.69 Å². The topological polar surface area (TPSA) is 54.5 Å². The molecule has 0 saturated heterocycles. The Hall–Kier alpha value is -2.18. The predicted molar refractivity (Wildman–Crippen MR) is 91.4 cm³/mol. The van der Waals surface area contributed by atoms with Crippen LogP contribution in [0.2, 0.25) is 5.02 Å². The second-order valence-corrected chi connectivity index (χ2v) is 7.70. The highest BCUT2D eigenvalue weighted by atomic mass is 35.5. The number of benzene rings is 2. The summed E-state index contributed by atoms with van der Waals surface area (Å²) in [4.78, 5) is 14.3. The third-order valence-corrected chi connectivity index (χ3v) is 5.38. The molecule has 0 aliphatic carbocycles. The Morgan fingerprint density at radius 1 is 1.12 bits per heavy atom. The lowest BCUT2D eigenvalue weighted by atomic mass is 10.1. The lowest BCUT2D eigenvalue weighted by Crippen LogP contribution is -2.41. The Balaban J connectivity index is 2.05. The first-order valence-electron chi connectivity index (χ1n) is 7.12. The van der Waals surface area contributed by atoms with Gasteiger partial charge in [0, 0.05) is 11.1 Å². The van der Waals surface area contributed by atoms with Crippen molar-refractivity contribution >= 4 is 33.0 Å². The van der Waals surface area contributed by atoms with Gasteiger partial charge in [0.15, 0.2) is 9.84 Å². The van der Waals surface area contributed by atoms with E-state index in [4.69, 9.17) is 11.6 Å². The van der Waals surface area contributed by atoms with Crippen molar-refractivity contribution in [2.75, 3.05) is 10.7 Å². The summed E-state index contributed by atoms with van der Waals surface area (Å²) in [5.74, 6) is -1.11. The number of halogens is 2. The summed E-state index contributed by atoms with van der Waals surface area (Å²) in [7, 11) is -3.36. The summed E-state index contributed by atoms with van der Waals surface area (Å²) >= 11 is 6.09. The van der Waals surface area contributed by atoms with Crippen LogP contribution >= 0.6 is 11.6 Å². The van der Waals surface area contributed by atoms with E-state index < -0.39 is 27.6 Å². The zero-order valence-electron chi connectivity index (χ0n) is 12.4. The molecular formula is C17H13ClFNO3S. The molecule has 7 heteroatoms. The summed E-state index contributed by atoms with van der Waals surface area (Å²) in [6, 6.07) is 11.1. The molecule has 0 aromatic heterocycles. The third-order valence-electron chi connectivity index (χ3n) is 3.67. The fourth-order valence-corrected chi connectivity index (χ4v) is 4.03. The summed E-state index contributed by atoms with van der Waals surface area (Å²) in [6.07, 6.45) is 1.45. The normalized spacial score (nSPS) is 18.5. The summed E-state index contributed by atoms with van der Waals surface area (Å²) in [6.45, 7) is 0. The molecule has 2 aromatic carbocycles. The first kappa shape index (κ1) is 16.7. The van der Waals surface area contributed by atoms with E-state index in [9.17, 15) is 17.6 Å². The number of carbonyl (C=O) groups is 1. The van der Waals surface area contributed by atoms with Gasteiger partial charge in [0.25, 0.3) is 5.91 Å². The SMILES string of the molecule is O=C(c1ccccc1Cl)N(c1ccc(F)cc1)[C@@H]1C=CS(=O)(=O)C1. The average Bonchev–Trinajstić information content (AvgIpc) is 2.89. The largest absolute Gasteiger partial charge is 0.300 e. The minimum Gasteiger partial charge on any atom is -0.300 e. The van der Waals surface area contributed by atoms with Crippen molar-refractivity contribution in [1.29, 1.82) is 0 Å². The molecule has 0 saturated carbocycles. The summed E-state index contributed by atoms with van der Waals surface area (Å²) in [5.41, 5.74) is 0.647. The van der Waals surface area contributed by atoms with Crippen molar-refractivity contribution in [1.82, 2.24) is 0 Å². The van der Waals surface area contributed by atoms with Gasteiger partial charge in [-0.25, -0.2) is 12.8 Å². The summed E-state index contributed by atoms with van der Waals surface area (Å²) < 4.78 is 36.7. The molecule has 1 atom stereocenters. The highest BCUT2D eigenvalue weighted by molar-refractivity contribution is 7.94. The maximum Gasteiger partial charge on any atom is 0.260 e. The third kappa shape index (κ3) is 3.34. The number of nitrogens with zero attached hydrogens (tertiary/aromatic N) is 1. The molecule has 0 spiro atoms. The average molecular weight is 366 g/mol. The molecule has 0 N–H and O–H groups in total. The molecule has 0 fully saturated rings. The molecule has 0 unspecified atom stereocenters. The van der Waals surface area contributed by atoms with Gasteiger partial charge in [0.05, 0.1) is 22.4 Å². The fraction of sp³-hybridized carbons (Fsp3) is 0.118. The van der Waals surface area contributed by atoms with Crippen LogP contribution in [-0.4, -0.2) is 26.1 Å². The number of rotatable bonds is 3. The van der Waals surface area contributed by atoms with E-state index in [2.05, 4.69) is 0 Å². The van der Waals surface area contributed by atoms with Crippen LogP contribution in [0.1, 0.15) is 10.4 Å². The van der Waals surface area contributed by atoms with Crippen LogP contribution in [0, 0.1) is 5.82 Å². The first-order valence-corrected chi connectivity index (χ1v) is 9.21. The maximum absolute atomic E-state index is 13.2. The molecule has 24 heavy (non-hydrogen) atoms. The van der Waals surface area contributed by atoms with Gasteiger partial charge < -0.3 is 4.90 Å². The molecule has 0 radical (unpaired) electrons. The van der Waals surface area contributed by atoms with E-state index in [1.54, 1.807) is 24.3 Å². The van der Waals surface area contributed by atoms with Gasteiger partial charge in [0.1, 0.15) is 5.82 Å². The first-order chi connectivity index (χ1) is 11.4.